The van der Waals surface area contributed by atoms with Crippen LogP contribution in [0.5, 0.6) is 11.5 Å². The van der Waals surface area contributed by atoms with E-state index < -0.39 is 0 Å². The summed E-state index contributed by atoms with van der Waals surface area (Å²) in [6.45, 7) is 4.45. The van der Waals surface area contributed by atoms with Gasteiger partial charge < -0.3 is 20.1 Å². The highest BCUT2D eigenvalue weighted by Crippen LogP contribution is 2.29. The number of anilines is 1. The number of carbonyl (C=O) groups is 2. The van der Waals surface area contributed by atoms with Gasteiger partial charge in [0.1, 0.15) is 5.70 Å². The highest BCUT2D eigenvalue weighted by atomic mass is 32.1. The van der Waals surface area contributed by atoms with Crippen LogP contribution in [0.15, 0.2) is 54.2 Å². The van der Waals surface area contributed by atoms with Crippen LogP contribution in [-0.4, -0.2) is 42.1 Å². The van der Waals surface area contributed by atoms with Crippen LogP contribution in [0.3, 0.4) is 0 Å². The molecule has 2 amide bonds. The van der Waals surface area contributed by atoms with Gasteiger partial charge in [-0.15, -0.1) is 0 Å². The summed E-state index contributed by atoms with van der Waals surface area (Å²) in [6, 6.07) is 14.4. The molecule has 1 aliphatic rings. The lowest BCUT2D eigenvalue weighted by atomic mass is 10.1. The van der Waals surface area contributed by atoms with E-state index in [1.807, 2.05) is 32.0 Å². The summed E-state index contributed by atoms with van der Waals surface area (Å²) >= 11 is 5.27. The van der Waals surface area contributed by atoms with E-state index >= 15 is 0 Å². The molecule has 162 valence electrons. The first-order chi connectivity index (χ1) is 14.9. The maximum absolute atomic E-state index is 12.6. The van der Waals surface area contributed by atoms with E-state index in [2.05, 4.69) is 10.6 Å². The van der Waals surface area contributed by atoms with E-state index in [9.17, 15) is 9.59 Å². The second kappa shape index (κ2) is 10.1. The van der Waals surface area contributed by atoms with Gasteiger partial charge in [0.15, 0.2) is 23.2 Å². The Balaban J connectivity index is 1.67. The minimum atomic E-state index is -0.279. The molecule has 0 aromatic heterocycles. The van der Waals surface area contributed by atoms with Crippen LogP contribution in [0.25, 0.3) is 6.08 Å². The van der Waals surface area contributed by atoms with Gasteiger partial charge in [0, 0.05) is 12.2 Å². The van der Waals surface area contributed by atoms with Gasteiger partial charge in [-0.3, -0.25) is 14.5 Å². The van der Waals surface area contributed by atoms with Gasteiger partial charge in [-0.2, -0.15) is 0 Å². The van der Waals surface area contributed by atoms with Crippen LogP contribution in [0.4, 0.5) is 5.69 Å². The number of benzene rings is 2. The summed E-state index contributed by atoms with van der Waals surface area (Å²) in [7, 11) is 1.52. The number of nitrogens with zero attached hydrogens (tertiary/aromatic N) is 1. The molecule has 3 rings (SSSR count). The number of hydrogen-bond acceptors (Lipinski definition) is 5. The molecule has 7 nitrogen and oxygen atoms in total. The lowest BCUT2D eigenvalue weighted by Crippen LogP contribution is -2.33. The van der Waals surface area contributed by atoms with E-state index in [0.717, 1.165) is 5.56 Å². The van der Waals surface area contributed by atoms with E-state index in [0.29, 0.717) is 40.5 Å². The summed E-state index contributed by atoms with van der Waals surface area (Å²) in [5, 5.41) is 6.13. The monoisotopic (exact) mass is 439 g/mol. The number of rotatable bonds is 8. The number of ether oxygens (including phenoxy) is 2. The molecule has 0 unspecified atom stereocenters. The molecule has 2 aromatic rings. The topological polar surface area (TPSA) is 79.9 Å². The summed E-state index contributed by atoms with van der Waals surface area (Å²) in [4.78, 5) is 26.3. The first-order valence-electron chi connectivity index (χ1n) is 9.87. The van der Waals surface area contributed by atoms with Gasteiger partial charge in [-0.25, -0.2) is 0 Å². The number of para-hydroxylation sites is 1. The van der Waals surface area contributed by atoms with Gasteiger partial charge in [0.2, 0.25) is 0 Å². The fourth-order valence-electron chi connectivity index (χ4n) is 3.02. The Morgan fingerprint density at radius 3 is 2.61 bits per heavy atom. The maximum Gasteiger partial charge on any atom is 0.276 e. The van der Waals surface area contributed by atoms with Crippen molar-refractivity contribution < 1.29 is 19.1 Å². The predicted octanol–water partition coefficient (Wildman–Crippen LogP) is 3.43. The molecule has 0 bridgehead atoms. The van der Waals surface area contributed by atoms with Gasteiger partial charge in [0.05, 0.1) is 7.11 Å². The Bertz CT molecular complexity index is 1010. The predicted molar refractivity (Wildman–Crippen MR) is 124 cm³/mol. The van der Waals surface area contributed by atoms with Gasteiger partial charge in [0.25, 0.3) is 11.8 Å². The van der Waals surface area contributed by atoms with E-state index in [1.54, 1.807) is 41.3 Å². The van der Waals surface area contributed by atoms with Crippen LogP contribution in [0.2, 0.25) is 0 Å². The van der Waals surface area contributed by atoms with Gasteiger partial charge in [-0.1, -0.05) is 38.1 Å². The third-order valence-electron chi connectivity index (χ3n) is 4.43. The van der Waals surface area contributed by atoms with Crippen LogP contribution in [0, 0.1) is 5.92 Å². The molecule has 0 saturated carbocycles. The number of amides is 2. The van der Waals surface area contributed by atoms with Crippen molar-refractivity contribution in [2.24, 2.45) is 5.92 Å². The zero-order chi connectivity index (χ0) is 22.4. The summed E-state index contributed by atoms with van der Waals surface area (Å²) in [5.74, 6) is 0.748. The molecule has 0 aliphatic carbocycles. The average molecular weight is 440 g/mol. The summed E-state index contributed by atoms with van der Waals surface area (Å²) in [5.41, 5.74) is 1.84. The molecular formula is C23H25N3O4S. The highest BCUT2D eigenvalue weighted by molar-refractivity contribution is 7.80. The second-order valence-electron chi connectivity index (χ2n) is 7.41. The fraction of sp³-hybridized carbons (Fsp3) is 0.261. The van der Waals surface area contributed by atoms with Crippen molar-refractivity contribution in [1.29, 1.82) is 0 Å². The Hall–Kier alpha value is -3.39. The Morgan fingerprint density at radius 1 is 1.19 bits per heavy atom. The largest absolute Gasteiger partial charge is 0.493 e. The van der Waals surface area contributed by atoms with Crippen LogP contribution < -0.4 is 20.1 Å². The van der Waals surface area contributed by atoms with Gasteiger partial charge in [-0.05, 0) is 54.0 Å². The molecule has 2 N–H and O–H groups in total. The number of thiocarbonyl (C=S) groups is 1. The molecule has 1 fully saturated rings. The van der Waals surface area contributed by atoms with E-state index in [-0.39, 0.29) is 18.4 Å². The average Bonchev–Trinajstić information content (AvgIpc) is 3.00. The minimum Gasteiger partial charge on any atom is -0.493 e. The molecule has 0 spiro atoms. The third-order valence-corrected chi connectivity index (χ3v) is 4.75. The zero-order valence-electron chi connectivity index (χ0n) is 17.7. The van der Waals surface area contributed by atoms with Crippen molar-refractivity contribution in [3.63, 3.8) is 0 Å². The van der Waals surface area contributed by atoms with Crippen LogP contribution in [0.1, 0.15) is 19.4 Å². The van der Waals surface area contributed by atoms with E-state index in [1.165, 1.54) is 7.11 Å². The molecule has 1 aliphatic heterocycles. The lowest BCUT2D eigenvalue weighted by molar-refractivity contribution is -0.122. The first kappa shape index (κ1) is 22.3. The Kier molecular flexibility index (Phi) is 7.25. The molecule has 8 heteroatoms. The first-order valence-corrected chi connectivity index (χ1v) is 10.3. The third kappa shape index (κ3) is 5.82. The standard InChI is InChI=1S/C23H25N3O4S/c1-15(2)13-26-22(28)18(25-23(26)31)11-16-9-10-19(20(12-16)29-3)30-14-21(27)24-17-7-5-4-6-8-17/h4-12,15H,13-14H2,1-3H3,(H,24,27)(H,25,31)/b18-11+. The SMILES string of the molecule is COc1cc(/C=C2/NC(=S)N(CC(C)C)C2=O)ccc1OCC(=O)Nc1ccccc1. The van der Waals surface area contributed by atoms with Crippen molar-refractivity contribution >= 4 is 40.9 Å². The molecule has 2 aromatic carbocycles. The van der Waals surface area contributed by atoms with Crippen molar-refractivity contribution in [2.45, 2.75) is 13.8 Å². The number of hydrogen-bond donors (Lipinski definition) is 2. The quantitative estimate of drug-likeness (QED) is 0.485. The number of methoxy groups -OCH3 is 1. The summed E-state index contributed by atoms with van der Waals surface area (Å²) < 4.78 is 11.0. The van der Waals surface area contributed by atoms with Crippen molar-refractivity contribution in [2.75, 3.05) is 25.6 Å². The van der Waals surface area contributed by atoms with Gasteiger partial charge >= 0.3 is 0 Å². The van der Waals surface area contributed by atoms with Crippen LogP contribution >= 0.6 is 12.2 Å². The fourth-order valence-corrected chi connectivity index (χ4v) is 3.29. The highest BCUT2D eigenvalue weighted by Gasteiger charge is 2.30. The van der Waals surface area contributed by atoms with E-state index in [4.69, 9.17) is 21.7 Å². The Morgan fingerprint density at radius 2 is 1.94 bits per heavy atom. The Labute approximate surface area is 187 Å². The smallest absolute Gasteiger partial charge is 0.276 e. The molecule has 31 heavy (non-hydrogen) atoms. The molecule has 0 atom stereocenters. The summed E-state index contributed by atoms with van der Waals surface area (Å²) in [6.07, 6.45) is 1.71. The minimum absolute atomic E-state index is 0.157. The van der Waals surface area contributed by atoms with Crippen molar-refractivity contribution in [1.82, 2.24) is 10.2 Å². The number of nitrogens with one attached hydrogen (secondary N) is 2. The van der Waals surface area contributed by atoms with Crippen molar-refractivity contribution in [3.05, 3.63) is 59.8 Å². The lowest BCUT2D eigenvalue weighted by Gasteiger charge is -2.16. The second-order valence-corrected chi connectivity index (χ2v) is 7.80. The molecular weight excluding hydrogens is 414 g/mol. The molecule has 0 radical (unpaired) electrons. The molecule has 1 heterocycles. The normalized spacial score (nSPS) is 14.7. The molecule has 1 saturated heterocycles. The van der Waals surface area contributed by atoms with Crippen molar-refractivity contribution in [3.8, 4) is 11.5 Å². The van der Waals surface area contributed by atoms with Crippen LogP contribution in [-0.2, 0) is 9.59 Å². The number of carbonyl (C=O) groups excluding carboxylic acids is 2. The maximum atomic E-state index is 12.6. The zero-order valence-corrected chi connectivity index (χ0v) is 18.5.